The molecule has 2 N–H and O–H groups in total. The Hall–Kier alpha value is -2.69. The summed E-state index contributed by atoms with van der Waals surface area (Å²) in [4.78, 5) is 12.1. The Bertz CT molecular complexity index is 684. The molecular formula is C17H20N2O3. The summed E-state index contributed by atoms with van der Waals surface area (Å²) in [6, 6.07) is 10.7. The van der Waals surface area contributed by atoms with Crippen LogP contribution < -0.4 is 20.1 Å². The summed E-state index contributed by atoms with van der Waals surface area (Å²) in [7, 11) is 3.12. The van der Waals surface area contributed by atoms with Gasteiger partial charge in [-0.15, -0.1) is 0 Å². The van der Waals surface area contributed by atoms with E-state index in [0.29, 0.717) is 17.2 Å². The Kier molecular flexibility index (Phi) is 4.88. The van der Waals surface area contributed by atoms with Crippen molar-refractivity contribution < 1.29 is 14.3 Å². The molecular weight excluding hydrogens is 280 g/mol. The number of ether oxygens (including phenoxy) is 2. The van der Waals surface area contributed by atoms with Gasteiger partial charge in [0.25, 0.3) is 0 Å². The summed E-state index contributed by atoms with van der Waals surface area (Å²) in [5, 5.41) is 5.60. The number of benzene rings is 2. The quantitative estimate of drug-likeness (QED) is 0.898. The van der Waals surface area contributed by atoms with Gasteiger partial charge in [0.2, 0.25) is 0 Å². The molecule has 5 heteroatoms. The first-order valence-corrected chi connectivity index (χ1v) is 6.90. The van der Waals surface area contributed by atoms with Gasteiger partial charge in [-0.1, -0.05) is 17.7 Å². The normalized spacial score (nSPS) is 10.0. The van der Waals surface area contributed by atoms with Gasteiger partial charge < -0.3 is 20.1 Å². The molecule has 116 valence electrons. The number of carbonyl (C=O) groups is 1. The number of anilines is 2. The van der Waals surface area contributed by atoms with E-state index in [4.69, 9.17) is 9.47 Å². The SMILES string of the molecule is COc1ccc(NC(=O)Nc2ccc(C)cc2C)c(OC)c1. The summed E-state index contributed by atoms with van der Waals surface area (Å²) >= 11 is 0. The molecule has 0 aliphatic heterocycles. The van der Waals surface area contributed by atoms with Crippen LogP contribution in [0.15, 0.2) is 36.4 Å². The molecule has 2 amide bonds. The molecule has 0 aromatic heterocycles. The topological polar surface area (TPSA) is 59.6 Å². The minimum absolute atomic E-state index is 0.324. The van der Waals surface area contributed by atoms with Gasteiger partial charge >= 0.3 is 6.03 Å². The van der Waals surface area contributed by atoms with Crippen molar-refractivity contribution in [3.8, 4) is 11.5 Å². The van der Waals surface area contributed by atoms with Crippen LogP contribution in [0.4, 0.5) is 16.2 Å². The summed E-state index contributed by atoms with van der Waals surface area (Å²) < 4.78 is 10.4. The third kappa shape index (κ3) is 3.69. The predicted molar refractivity (Wildman–Crippen MR) is 88.1 cm³/mol. The van der Waals surface area contributed by atoms with E-state index in [-0.39, 0.29) is 6.03 Å². The van der Waals surface area contributed by atoms with Gasteiger partial charge in [-0.2, -0.15) is 0 Å². The van der Waals surface area contributed by atoms with Gasteiger partial charge in [0.15, 0.2) is 0 Å². The molecule has 22 heavy (non-hydrogen) atoms. The molecule has 2 rings (SSSR count). The predicted octanol–water partition coefficient (Wildman–Crippen LogP) is 3.96. The molecule has 0 saturated heterocycles. The first-order valence-electron chi connectivity index (χ1n) is 6.90. The smallest absolute Gasteiger partial charge is 0.323 e. The van der Waals surface area contributed by atoms with E-state index < -0.39 is 0 Å². The second kappa shape index (κ2) is 6.85. The second-order valence-electron chi connectivity index (χ2n) is 4.96. The number of methoxy groups -OCH3 is 2. The average molecular weight is 300 g/mol. The van der Waals surface area contributed by atoms with Crippen molar-refractivity contribution in [1.29, 1.82) is 0 Å². The van der Waals surface area contributed by atoms with Crippen molar-refractivity contribution >= 4 is 17.4 Å². The van der Waals surface area contributed by atoms with Gasteiger partial charge in [0.1, 0.15) is 11.5 Å². The number of hydrogen-bond donors (Lipinski definition) is 2. The van der Waals surface area contributed by atoms with Crippen LogP contribution >= 0.6 is 0 Å². The summed E-state index contributed by atoms with van der Waals surface area (Å²) in [6.07, 6.45) is 0. The highest BCUT2D eigenvalue weighted by molar-refractivity contribution is 6.01. The van der Waals surface area contributed by atoms with Gasteiger partial charge in [0.05, 0.1) is 19.9 Å². The lowest BCUT2D eigenvalue weighted by Gasteiger charge is -2.13. The van der Waals surface area contributed by atoms with Crippen LogP contribution in [0.1, 0.15) is 11.1 Å². The van der Waals surface area contributed by atoms with Crippen molar-refractivity contribution in [1.82, 2.24) is 0 Å². The van der Waals surface area contributed by atoms with Gasteiger partial charge in [0, 0.05) is 11.8 Å². The Morgan fingerprint density at radius 1 is 0.909 bits per heavy atom. The highest BCUT2D eigenvalue weighted by Gasteiger charge is 2.10. The van der Waals surface area contributed by atoms with Crippen LogP contribution in [0.5, 0.6) is 11.5 Å². The van der Waals surface area contributed by atoms with Crippen LogP contribution in [0.3, 0.4) is 0 Å². The summed E-state index contributed by atoms with van der Waals surface area (Å²) in [5.74, 6) is 1.20. The third-order valence-corrected chi connectivity index (χ3v) is 3.29. The molecule has 0 heterocycles. The fourth-order valence-corrected chi connectivity index (χ4v) is 2.13. The molecule has 5 nitrogen and oxygen atoms in total. The van der Waals surface area contributed by atoms with Gasteiger partial charge in [-0.25, -0.2) is 4.79 Å². The lowest BCUT2D eigenvalue weighted by atomic mass is 10.1. The number of amides is 2. The minimum atomic E-state index is -0.324. The highest BCUT2D eigenvalue weighted by atomic mass is 16.5. The number of rotatable bonds is 4. The molecule has 0 spiro atoms. The fourth-order valence-electron chi connectivity index (χ4n) is 2.13. The first kappa shape index (κ1) is 15.7. The van der Waals surface area contributed by atoms with Crippen LogP contribution in [-0.2, 0) is 0 Å². The lowest BCUT2D eigenvalue weighted by Crippen LogP contribution is -2.20. The first-order chi connectivity index (χ1) is 10.5. The maximum atomic E-state index is 12.1. The number of aryl methyl sites for hydroxylation is 2. The van der Waals surface area contributed by atoms with Crippen molar-refractivity contribution in [2.45, 2.75) is 13.8 Å². The fraction of sp³-hybridized carbons (Fsp3) is 0.235. The zero-order chi connectivity index (χ0) is 16.1. The number of nitrogens with one attached hydrogen (secondary N) is 2. The standard InChI is InChI=1S/C17H20N2O3/c1-11-5-7-14(12(2)9-11)18-17(20)19-15-8-6-13(21-3)10-16(15)22-4/h5-10H,1-4H3,(H2,18,19,20). The molecule has 2 aromatic rings. The Morgan fingerprint density at radius 3 is 2.23 bits per heavy atom. The Morgan fingerprint density at radius 2 is 1.59 bits per heavy atom. The largest absolute Gasteiger partial charge is 0.497 e. The average Bonchev–Trinajstić information content (AvgIpc) is 2.50. The van der Waals surface area contributed by atoms with Crippen LogP contribution in [-0.4, -0.2) is 20.3 Å². The maximum absolute atomic E-state index is 12.1. The zero-order valence-electron chi connectivity index (χ0n) is 13.2. The van der Waals surface area contributed by atoms with E-state index in [9.17, 15) is 4.79 Å². The maximum Gasteiger partial charge on any atom is 0.323 e. The molecule has 0 aliphatic rings. The van der Waals surface area contributed by atoms with Crippen LogP contribution in [0, 0.1) is 13.8 Å². The van der Waals surface area contributed by atoms with Crippen LogP contribution in [0.25, 0.3) is 0 Å². The van der Waals surface area contributed by atoms with E-state index in [2.05, 4.69) is 10.6 Å². The van der Waals surface area contributed by atoms with Crippen molar-refractivity contribution in [2.24, 2.45) is 0 Å². The minimum Gasteiger partial charge on any atom is -0.497 e. The molecule has 0 bridgehead atoms. The zero-order valence-corrected chi connectivity index (χ0v) is 13.2. The third-order valence-electron chi connectivity index (χ3n) is 3.29. The van der Waals surface area contributed by atoms with E-state index in [1.165, 1.54) is 0 Å². The number of hydrogen-bond acceptors (Lipinski definition) is 3. The number of carbonyl (C=O) groups excluding carboxylic acids is 1. The van der Waals surface area contributed by atoms with Crippen molar-refractivity contribution in [2.75, 3.05) is 24.9 Å². The van der Waals surface area contributed by atoms with Gasteiger partial charge in [-0.3, -0.25) is 0 Å². The number of urea groups is 1. The van der Waals surface area contributed by atoms with Crippen molar-refractivity contribution in [3.05, 3.63) is 47.5 Å². The second-order valence-corrected chi connectivity index (χ2v) is 4.96. The molecule has 2 aromatic carbocycles. The molecule has 0 radical (unpaired) electrons. The summed E-state index contributed by atoms with van der Waals surface area (Å²) in [5.41, 5.74) is 3.51. The molecule has 0 saturated carbocycles. The highest BCUT2D eigenvalue weighted by Crippen LogP contribution is 2.29. The van der Waals surface area contributed by atoms with E-state index >= 15 is 0 Å². The van der Waals surface area contributed by atoms with Crippen LogP contribution in [0.2, 0.25) is 0 Å². The molecule has 0 aliphatic carbocycles. The van der Waals surface area contributed by atoms with E-state index in [1.54, 1.807) is 32.4 Å². The van der Waals surface area contributed by atoms with E-state index in [1.807, 2.05) is 32.0 Å². The summed E-state index contributed by atoms with van der Waals surface area (Å²) in [6.45, 7) is 3.97. The van der Waals surface area contributed by atoms with Gasteiger partial charge in [-0.05, 0) is 37.6 Å². The molecule has 0 unspecified atom stereocenters. The monoisotopic (exact) mass is 300 g/mol. The lowest BCUT2D eigenvalue weighted by molar-refractivity contribution is 0.262. The molecule has 0 fully saturated rings. The Labute approximate surface area is 130 Å². The molecule has 0 atom stereocenters. The van der Waals surface area contributed by atoms with Crippen molar-refractivity contribution in [3.63, 3.8) is 0 Å². The van der Waals surface area contributed by atoms with E-state index in [0.717, 1.165) is 16.8 Å². The Balaban J connectivity index is 2.12.